The van der Waals surface area contributed by atoms with Crippen molar-refractivity contribution in [1.29, 1.82) is 0 Å². The van der Waals surface area contributed by atoms with Gasteiger partial charge in [0.25, 0.3) is 0 Å². The molecule has 0 unspecified atom stereocenters. The molecule has 2 nitrogen and oxygen atoms in total. The standard InChI is InChI=1S/C4H9NOS2/c5-3(1-7)4(6)2-8/h3,7-8H,1-2,5H2/t3-/m0/s1. The highest BCUT2D eigenvalue weighted by Crippen LogP contribution is 1.87. The second-order valence-corrected chi connectivity index (χ2v) is 2.09. The summed E-state index contributed by atoms with van der Waals surface area (Å²) in [5, 5.41) is 0. The fourth-order valence-corrected chi connectivity index (χ4v) is 0.657. The van der Waals surface area contributed by atoms with Gasteiger partial charge >= 0.3 is 0 Å². The first-order valence-corrected chi connectivity index (χ1v) is 3.49. The summed E-state index contributed by atoms with van der Waals surface area (Å²) < 4.78 is 0. The van der Waals surface area contributed by atoms with Crippen molar-refractivity contribution in [2.75, 3.05) is 11.5 Å². The fraction of sp³-hybridized carbons (Fsp3) is 0.750. The van der Waals surface area contributed by atoms with Gasteiger partial charge in [-0.25, -0.2) is 0 Å². The number of ketones is 1. The third-order valence-electron chi connectivity index (χ3n) is 0.766. The first kappa shape index (κ1) is 8.33. The van der Waals surface area contributed by atoms with Gasteiger partial charge < -0.3 is 5.73 Å². The van der Waals surface area contributed by atoms with E-state index in [9.17, 15) is 4.79 Å². The zero-order valence-electron chi connectivity index (χ0n) is 4.37. The van der Waals surface area contributed by atoms with Crippen molar-refractivity contribution in [1.82, 2.24) is 0 Å². The Morgan fingerprint density at radius 3 is 2.25 bits per heavy atom. The Balaban J connectivity index is 3.46. The molecule has 0 aliphatic rings. The second-order valence-electron chi connectivity index (χ2n) is 1.41. The minimum Gasteiger partial charge on any atom is -0.321 e. The molecule has 0 spiro atoms. The van der Waals surface area contributed by atoms with Gasteiger partial charge in [-0.3, -0.25) is 4.79 Å². The minimum absolute atomic E-state index is 0.0525. The number of carbonyl (C=O) groups is 1. The predicted molar refractivity (Wildman–Crippen MR) is 40.7 cm³/mol. The average Bonchev–Trinajstić information content (AvgIpc) is 1.84. The van der Waals surface area contributed by atoms with Gasteiger partial charge in [-0.2, -0.15) is 25.3 Å². The van der Waals surface area contributed by atoms with Crippen LogP contribution in [0, 0.1) is 0 Å². The maximum Gasteiger partial charge on any atom is 0.159 e. The summed E-state index contributed by atoms with van der Waals surface area (Å²) in [5.74, 6) is 0.560. The molecular weight excluding hydrogens is 142 g/mol. The Hall–Kier alpha value is 0.330. The Morgan fingerprint density at radius 1 is 1.62 bits per heavy atom. The van der Waals surface area contributed by atoms with E-state index in [0.717, 1.165) is 0 Å². The van der Waals surface area contributed by atoms with Crippen LogP contribution in [0.1, 0.15) is 0 Å². The predicted octanol–water partition coefficient (Wildman–Crippen LogP) is -0.258. The lowest BCUT2D eigenvalue weighted by atomic mass is 10.2. The summed E-state index contributed by atoms with van der Waals surface area (Å²) in [4.78, 5) is 10.5. The monoisotopic (exact) mass is 151 g/mol. The van der Waals surface area contributed by atoms with Crippen LogP contribution >= 0.6 is 25.3 Å². The molecule has 48 valence electrons. The molecule has 0 fully saturated rings. The number of rotatable bonds is 3. The molecule has 0 saturated carbocycles. The van der Waals surface area contributed by atoms with Crippen LogP contribution in [0.5, 0.6) is 0 Å². The average molecular weight is 151 g/mol. The summed E-state index contributed by atoms with van der Waals surface area (Å²) >= 11 is 7.57. The van der Waals surface area contributed by atoms with Gasteiger partial charge in [0.15, 0.2) is 5.78 Å². The lowest BCUT2D eigenvalue weighted by molar-refractivity contribution is -0.117. The summed E-state index contributed by atoms with van der Waals surface area (Å²) in [6, 6.07) is -0.434. The number of nitrogens with two attached hydrogens (primary N) is 1. The molecule has 0 aromatic rings. The van der Waals surface area contributed by atoms with E-state index in [2.05, 4.69) is 25.3 Å². The molecule has 0 saturated heterocycles. The molecule has 4 heteroatoms. The number of thiol groups is 2. The Labute approximate surface area is 59.6 Å². The maximum atomic E-state index is 10.5. The molecule has 0 radical (unpaired) electrons. The molecule has 0 heterocycles. The van der Waals surface area contributed by atoms with Gasteiger partial charge in [0.2, 0.25) is 0 Å². The third kappa shape index (κ3) is 2.59. The van der Waals surface area contributed by atoms with Gasteiger partial charge in [0.05, 0.1) is 11.8 Å². The van der Waals surface area contributed by atoms with Crippen LogP contribution in [0.3, 0.4) is 0 Å². The summed E-state index contributed by atoms with van der Waals surface area (Å²) in [6.45, 7) is 0. The SMILES string of the molecule is N[C@@H](CS)C(=O)CS. The molecule has 0 rings (SSSR count). The van der Waals surface area contributed by atoms with E-state index in [-0.39, 0.29) is 11.5 Å². The molecule has 0 aromatic carbocycles. The van der Waals surface area contributed by atoms with Crippen LogP contribution < -0.4 is 5.73 Å². The van der Waals surface area contributed by atoms with Gasteiger partial charge in [-0.05, 0) is 0 Å². The van der Waals surface area contributed by atoms with Gasteiger partial charge in [-0.1, -0.05) is 0 Å². The highest BCUT2D eigenvalue weighted by molar-refractivity contribution is 7.81. The van der Waals surface area contributed by atoms with Crippen molar-refractivity contribution in [3.05, 3.63) is 0 Å². The summed E-state index contributed by atoms with van der Waals surface area (Å²) in [7, 11) is 0. The highest BCUT2D eigenvalue weighted by Gasteiger charge is 2.07. The van der Waals surface area contributed by atoms with Gasteiger partial charge in [0, 0.05) is 5.75 Å². The van der Waals surface area contributed by atoms with E-state index in [0.29, 0.717) is 5.75 Å². The van der Waals surface area contributed by atoms with Crippen LogP contribution in [0.25, 0.3) is 0 Å². The topological polar surface area (TPSA) is 43.1 Å². The Bertz CT molecular complexity index is 86.1. The van der Waals surface area contributed by atoms with Crippen LogP contribution in [-0.4, -0.2) is 23.3 Å². The number of Topliss-reactive ketones (excluding diaryl/α,β-unsaturated/α-hetero) is 1. The maximum absolute atomic E-state index is 10.5. The molecule has 8 heavy (non-hydrogen) atoms. The molecule has 0 aromatic heterocycles. The molecule has 1 atom stereocenters. The van der Waals surface area contributed by atoms with E-state index >= 15 is 0 Å². The largest absolute Gasteiger partial charge is 0.321 e. The second kappa shape index (κ2) is 4.23. The first-order valence-electron chi connectivity index (χ1n) is 2.22. The third-order valence-corrected chi connectivity index (χ3v) is 1.47. The van der Waals surface area contributed by atoms with E-state index in [1.54, 1.807) is 0 Å². The molecule has 0 amide bonds. The van der Waals surface area contributed by atoms with E-state index in [1.807, 2.05) is 0 Å². The van der Waals surface area contributed by atoms with Crippen molar-refractivity contribution in [2.45, 2.75) is 6.04 Å². The van der Waals surface area contributed by atoms with Crippen LogP contribution in [0.4, 0.5) is 0 Å². The molecular formula is C4H9NOS2. The lowest BCUT2D eigenvalue weighted by Gasteiger charge is -2.01. The van der Waals surface area contributed by atoms with Gasteiger partial charge in [-0.15, -0.1) is 0 Å². The molecule has 0 aliphatic heterocycles. The van der Waals surface area contributed by atoms with Crippen LogP contribution in [0.15, 0.2) is 0 Å². The summed E-state index contributed by atoms with van der Waals surface area (Å²) in [5.41, 5.74) is 5.25. The number of hydrogen-bond acceptors (Lipinski definition) is 4. The van der Waals surface area contributed by atoms with Gasteiger partial charge in [0.1, 0.15) is 0 Å². The molecule has 0 aliphatic carbocycles. The van der Waals surface area contributed by atoms with Crippen molar-refractivity contribution in [2.24, 2.45) is 5.73 Å². The zero-order valence-corrected chi connectivity index (χ0v) is 6.16. The zero-order chi connectivity index (χ0) is 6.57. The van der Waals surface area contributed by atoms with Crippen molar-refractivity contribution in [3.8, 4) is 0 Å². The van der Waals surface area contributed by atoms with E-state index < -0.39 is 6.04 Å². The first-order chi connectivity index (χ1) is 3.72. The highest BCUT2D eigenvalue weighted by atomic mass is 32.1. The minimum atomic E-state index is -0.434. The van der Waals surface area contributed by atoms with Crippen molar-refractivity contribution in [3.63, 3.8) is 0 Å². The van der Waals surface area contributed by atoms with E-state index in [1.165, 1.54) is 0 Å². The lowest BCUT2D eigenvalue weighted by Crippen LogP contribution is -2.32. The van der Waals surface area contributed by atoms with Crippen molar-refractivity contribution >= 4 is 31.0 Å². The Morgan fingerprint density at radius 2 is 2.12 bits per heavy atom. The molecule has 0 bridgehead atoms. The Kier molecular flexibility index (Phi) is 4.41. The van der Waals surface area contributed by atoms with E-state index in [4.69, 9.17) is 5.73 Å². The van der Waals surface area contributed by atoms with Crippen LogP contribution in [0.2, 0.25) is 0 Å². The number of carbonyl (C=O) groups excluding carboxylic acids is 1. The van der Waals surface area contributed by atoms with Crippen molar-refractivity contribution < 1.29 is 4.79 Å². The fourth-order valence-electron chi connectivity index (χ4n) is 0.219. The van der Waals surface area contributed by atoms with Crippen LogP contribution in [-0.2, 0) is 4.79 Å². The quantitative estimate of drug-likeness (QED) is 0.487. The smallest absolute Gasteiger partial charge is 0.159 e. The molecule has 2 N–H and O–H groups in total. The normalized spacial score (nSPS) is 13.4. The summed E-state index contributed by atoms with van der Waals surface area (Å²) in [6.07, 6.45) is 0. The number of hydrogen-bond donors (Lipinski definition) is 3.